The molecule has 2 aliphatic rings. The van der Waals surface area contributed by atoms with Crippen molar-refractivity contribution >= 4 is 22.4 Å². The van der Waals surface area contributed by atoms with Gasteiger partial charge in [-0.05, 0) is 18.2 Å². The Labute approximate surface area is 134 Å². The molecule has 1 amide bonds. The van der Waals surface area contributed by atoms with Crippen molar-refractivity contribution in [3.05, 3.63) is 33.7 Å². The number of nitrogens with zero attached hydrogens (tertiary/aromatic N) is 2. The van der Waals surface area contributed by atoms with E-state index in [1.54, 1.807) is 6.07 Å². The van der Waals surface area contributed by atoms with E-state index in [2.05, 4.69) is 10.3 Å². The van der Waals surface area contributed by atoms with Crippen molar-refractivity contribution in [1.29, 1.82) is 0 Å². The third-order valence-corrected chi connectivity index (χ3v) is 4.52. The Morgan fingerprint density at radius 3 is 3.00 bits per heavy atom. The molecule has 1 aliphatic carbocycles. The van der Waals surface area contributed by atoms with E-state index in [1.807, 2.05) is 17.5 Å². The van der Waals surface area contributed by atoms with Crippen LogP contribution >= 0.6 is 11.3 Å². The van der Waals surface area contributed by atoms with Crippen molar-refractivity contribution in [3.8, 4) is 22.8 Å². The first-order chi connectivity index (χ1) is 11.1. The van der Waals surface area contributed by atoms with Gasteiger partial charge in [0.1, 0.15) is 5.92 Å². The summed E-state index contributed by atoms with van der Waals surface area (Å²) in [5.74, 6) is 0.450. The molecule has 23 heavy (non-hydrogen) atoms. The van der Waals surface area contributed by atoms with Crippen LogP contribution < -0.4 is 14.8 Å². The largest absolute Gasteiger partial charge is 0.454 e. The van der Waals surface area contributed by atoms with Crippen molar-refractivity contribution in [2.24, 2.45) is 5.92 Å². The summed E-state index contributed by atoms with van der Waals surface area (Å²) >= 11 is 1.28. The highest BCUT2D eigenvalue weighted by molar-refractivity contribution is 7.14. The molecule has 1 N–H and O–H groups in total. The van der Waals surface area contributed by atoms with E-state index < -0.39 is 16.9 Å². The number of fused-ring (bicyclic) bond motifs is 1. The average molecular weight is 333 g/mol. The van der Waals surface area contributed by atoms with Gasteiger partial charge < -0.3 is 14.8 Å². The molecule has 0 unspecified atom stereocenters. The molecule has 0 bridgehead atoms. The van der Waals surface area contributed by atoms with Gasteiger partial charge in [-0.1, -0.05) is 0 Å². The number of thiazole rings is 1. The maximum atomic E-state index is 11.9. The van der Waals surface area contributed by atoms with Gasteiger partial charge in [0.05, 0.1) is 5.69 Å². The lowest BCUT2D eigenvalue weighted by molar-refractivity contribution is -0.497. The van der Waals surface area contributed by atoms with Crippen molar-refractivity contribution in [2.75, 3.05) is 12.1 Å². The number of amides is 1. The van der Waals surface area contributed by atoms with E-state index in [0.717, 1.165) is 5.56 Å². The normalized spacial score (nSPS) is 21.0. The van der Waals surface area contributed by atoms with Crippen molar-refractivity contribution < 1.29 is 19.2 Å². The highest BCUT2D eigenvalue weighted by Gasteiger charge is 2.53. The second kappa shape index (κ2) is 5.20. The molecular formula is C14H11N3O5S. The van der Waals surface area contributed by atoms with Gasteiger partial charge in [0.25, 0.3) is 0 Å². The Hall–Kier alpha value is -2.68. The molecule has 4 rings (SSSR count). The first kappa shape index (κ1) is 13.9. The molecule has 1 aromatic heterocycles. The quantitative estimate of drug-likeness (QED) is 0.679. The maximum Gasteiger partial charge on any atom is 0.236 e. The minimum absolute atomic E-state index is 0.205. The zero-order chi connectivity index (χ0) is 16.0. The summed E-state index contributed by atoms with van der Waals surface area (Å²) < 4.78 is 10.6. The highest BCUT2D eigenvalue weighted by atomic mass is 32.1. The smallest absolute Gasteiger partial charge is 0.236 e. The number of aromatic nitrogens is 1. The second-order valence-electron chi connectivity index (χ2n) is 5.29. The molecular weight excluding hydrogens is 322 g/mol. The Kier molecular flexibility index (Phi) is 3.15. The van der Waals surface area contributed by atoms with Gasteiger partial charge in [-0.2, -0.15) is 0 Å². The van der Waals surface area contributed by atoms with Crippen LogP contribution in [0.1, 0.15) is 6.42 Å². The number of benzene rings is 1. The third-order valence-electron chi connectivity index (χ3n) is 3.77. The molecule has 0 saturated heterocycles. The van der Waals surface area contributed by atoms with Crippen LogP contribution in [-0.2, 0) is 4.79 Å². The molecule has 2 aromatic rings. The van der Waals surface area contributed by atoms with Crippen molar-refractivity contribution in [1.82, 2.24) is 4.98 Å². The summed E-state index contributed by atoms with van der Waals surface area (Å²) in [6.07, 6.45) is 0.291. The maximum absolute atomic E-state index is 11.9. The van der Waals surface area contributed by atoms with Crippen molar-refractivity contribution in [2.45, 2.75) is 12.5 Å². The fourth-order valence-corrected chi connectivity index (χ4v) is 3.14. The summed E-state index contributed by atoms with van der Waals surface area (Å²) in [7, 11) is 0. The first-order valence-corrected chi connectivity index (χ1v) is 7.79. The molecule has 8 nitrogen and oxygen atoms in total. The van der Waals surface area contributed by atoms with Crippen LogP contribution in [-0.4, -0.2) is 28.6 Å². The van der Waals surface area contributed by atoms with Crippen LogP contribution in [0.3, 0.4) is 0 Å². The van der Waals surface area contributed by atoms with E-state index in [1.165, 1.54) is 11.3 Å². The number of nitrogens with one attached hydrogen (secondary N) is 1. The molecule has 1 fully saturated rings. The van der Waals surface area contributed by atoms with Gasteiger partial charge in [-0.25, -0.2) is 4.98 Å². The number of carbonyl (C=O) groups excluding carboxylic acids is 1. The minimum Gasteiger partial charge on any atom is -0.454 e. The Bertz CT molecular complexity index is 805. The van der Waals surface area contributed by atoms with Gasteiger partial charge in [0.15, 0.2) is 16.6 Å². The number of anilines is 1. The monoisotopic (exact) mass is 333 g/mol. The van der Waals surface area contributed by atoms with Crippen molar-refractivity contribution in [3.63, 3.8) is 0 Å². The lowest BCUT2D eigenvalue weighted by Gasteiger charge is -2.00. The first-order valence-electron chi connectivity index (χ1n) is 6.92. The van der Waals surface area contributed by atoms with Crippen LogP contribution in [0.15, 0.2) is 23.6 Å². The molecule has 0 radical (unpaired) electrons. The number of ether oxygens (including phenoxy) is 2. The number of hydrogen-bond donors (Lipinski definition) is 1. The van der Waals surface area contributed by atoms with E-state index in [0.29, 0.717) is 28.7 Å². The molecule has 2 heterocycles. The minimum atomic E-state index is -0.761. The summed E-state index contributed by atoms with van der Waals surface area (Å²) in [4.78, 5) is 26.4. The SMILES string of the molecule is O=C(Nc1nc(-c2ccc3c(c2)OCO3)cs1)[C@@H]1C[C@H]1[N+](=O)[O-]. The Morgan fingerprint density at radius 2 is 2.22 bits per heavy atom. The Morgan fingerprint density at radius 1 is 1.39 bits per heavy atom. The topological polar surface area (TPSA) is 104 Å². The number of nitro groups is 1. The summed E-state index contributed by atoms with van der Waals surface area (Å²) in [6.45, 7) is 0.205. The lowest BCUT2D eigenvalue weighted by Crippen LogP contribution is -2.18. The number of rotatable bonds is 4. The summed E-state index contributed by atoms with van der Waals surface area (Å²) in [5.41, 5.74) is 1.55. The fraction of sp³-hybridized carbons (Fsp3) is 0.286. The molecule has 1 aliphatic heterocycles. The second-order valence-corrected chi connectivity index (χ2v) is 6.15. The van der Waals surface area contributed by atoms with E-state index in [9.17, 15) is 14.9 Å². The molecule has 0 spiro atoms. The number of hydrogen-bond acceptors (Lipinski definition) is 7. The molecule has 1 saturated carbocycles. The molecule has 1 aromatic carbocycles. The molecule has 9 heteroatoms. The van der Waals surface area contributed by atoms with E-state index in [-0.39, 0.29) is 12.7 Å². The summed E-state index contributed by atoms with van der Waals surface area (Å²) in [6, 6.07) is 4.73. The standard InChI is InChI=1S/C14H11N3O5S/c18-13(8-4-10(8)17(19)20)16-14-15-9(5-23-14)7-1-2-11-12(3-7)22-6-21-11/h1-3,5,8,10H,4,6H2,(H,15,16,18)/t8-,10-/m1/s1. The zero-order valence-corrected chi connectivity index (χ0v) is 12.5. The van der Waals surface area contributed by atoms with E-state index >= 15 is 0 Å². The fourth-order valence-electron chi connectivity index (χ4n) is 2.41. The van der Waals surface area contributed by atoms with Gasteiger partial charge >= 0.3 is 0 Å². The van der Waals surface area contributed by atoms with Gasteiger partial charge in [-0.3, -0.25) is 14.9 Å². The lowest BCUT2D eigenvalue weighted by atomic mass is 10.1. The number of carbonyl (C=O) groups is 1. The summed E-state index contributed by atoms with van der Waals surface area (Å²) in [5, 5.41) is 15.5. The zero-order valence-electron chi connectivity index (χ0n) is 11.7. The predicted molar refractivity (Wildman–Crippen MR) is 81.2 cm³/mol. The van der Waals surface area contributed by atoms with Gasteiger partial charge in [0, 0.05) is 22.3 Å². The van der Waals surface area contributed by atoms with Crippen LogP contribution in [0.2, 0.25) is 0 Å². The van der Waals surface area contributed by atoms with Crippen LogP contribution in [0.25, 0.3) is 11.3 Å². The average Bonchev–Trinajstić information content (AvgIpc) is 2.99. The van der Waals surface area contributed by atoms with E-state index in [4.69, 9.17) is 9.47 Å². The van der Waals surface area contributed by atoms with Crippen LogP contribution in [0, 0.1) is 16.0 Å². The Balaban J connectivity index is 1.47. The van der Waals surface area contributed by atoms with Crippen LogP contribution in [0.4, 0.5) is 5.13 Å². The van der Waals surface area contributed by atoms with Gasteiger partial charge in [0.2, 0.25) is 18.7 Å². The van der Waals surface area contributed by atoms with Gasteiger partial charge in [-0.15, -0.1) is 11.3 Å². The molecule has 118 valence electrons. The molecule has 2 atom stereocenters. The third kappa shape index (κ3) is 2.59. The van der Waals surface area contributed by atoms with Crippen LogP contribution in [0.5, 0.6) is 11.5 Å². The predicted octanol–water partition coefficient (Wildman–Crippen LogP) is 2.14. The highest BCUT2D eigenvalue weighted by Crippen LogP contribution is 2.37.